The highest BCUT2D eigenvalue weighted by Gasteiger charge is 2.31. The van der Waals surface area contributed by atoms with Gasteiger partial charge in [-0.15, -0.1) is 0 Å². The van der Waals surface area contributed by atoms with Crippen LogP contribution in [-0.2, 0) is 11.2 Å². The number of carbonyl (C=O) groups excluding carboxylic acids is 1. The quantitative estimate of drug-likeness (QED) is 0.825. The van der Waals surface area contributed by atoms with E-state index in [0.717, 1.165) is 22.0 Å². The molecular weight excluding hydrogens is 353 g/mol. The normalized spacial score (nSPS) is 20.1. The summed E-state index contributed by atoms with van der Waals surface area (Å²) in [5.41, 5.74) is 7.03. The first-order valence-electron chi connectivity index (χ1n) is 6.32. The fourth-order valence-corrected chi connectivity index (χ4v) is 2.70. The van der Waals surface area contributed by atoms with E-state index in [9.17, 15) is 4.79 Å². The highest BCUT2D eigenvalue weighted by molar-refractivity contribution is 14.1. The Kier molecular flexibility index (Phi) is 4.77. The maximum Gasteiger partial charge on any atom is 0.240 e. The van der Waals surface area contributed by atoms with Gasteiger partial charge in [0.25, 0.3) is 0 Å². The summed E-state index contributed by atoms with van der Waals surface area (Å²) in [6.07, 6.45) is 2.17. The average molecular weight is 369 g/mol. The molecule has 1 saturated heterocycles. The molecule has 100 valence electrons. The summed E-state index contributed by atoms with van der Waals surface area (Å²) >= 11 is 2.24. The Bertz CT molecular complexity index is 494. The minimum absolute atomic E-state index is 0.109. The van der Waals surface area contributed by atoms with Crippen molar-refractivity contribution >= 4 is 28.5 Å². The van der Waals surface area contributed by atoms with Crippen molar-refractivity contribution in [3.8, 4) is 6.07 Å². The lowest BCUT2D eigenvalue weighted by Gasteiger charge is -2.23. The molecular formula is C14H16IN3O. The van der Waals surface area contributed by atoms with Crippen molar-refractivity contribution in [2.45, 2.75) is 31.3 Å². The summed E-state index contributed by atoms with van der Waals surface area (Å²) in [6, 6.07) is 9.29. The van der Waals surface area contributed by atoms with E-state index < -0.39 is 6.04 Å². The first-order chi connectivity index (χ1) is 9.11. The molecule has 0 bridgehead atoms. The zero-order valence-electron chi connectivity index (χ0n) is 10.6. The number of nitrogens with zero attached hydrogens (tertiary/aromatic N) is 2. The average Bonchev–Trinajstić information content (AvgIpc) is 2.88. The van der Waals surface area contributed by atoms with E-state index in [1.54, 1.807) is 4.90 Å². The molecule has 1 aromatic rings. The minimum Gasteiger partial charge on any atom is -0.325 e. The van der Waals surface area contributed by atoms with E-state index in [1.165, 1.54) is 0 Å². The van der Waals surface area contributed by atoms with Crippen LogP contribution in [0.5, 0.6) is 0 Å². The van der Waals surface area contributed by atoms with Gasteiger partial charge in [-0.25, -0.2) is 0 Å². The molecule has 0 radical (unpaired) electrons. The maximum atomic E-state index is 12.2. The Balaban J connectivity index is 1.99. The summed E-state index contributed by atoms with van der Waals surface area (Å²) in [7, 11) is 0. The number of nitrogens with two attached hydrogens (primary N) is 1. The number of benzene rings is 1. The molecule has 0 spiro atoms. The lowest BCUT2D eigenvalue weighted by atomic mass is 10.1. The van der Waals surface area contributed by atoms with Crippen LogP contribution in [-0.4, -0.2) is 29.4 Å². The van der Waals surface area contributed by atoms with Crippen molar-refractivity contribution in [1.29, 1.82) is 5.26 Å². The minimum atomic E-state index is -0.561. The molecule has 1 aliphatic rings. The molecule has 1 fully saturated rings. The predicted octanol–water partition coefficient (Wildman–Crippen LogP) is 1.68. The van der Waals surface area contributed by atoms with Crippen molar-refractivity contribution in [1.82, 2.24) is 4.90 Å². The van der Waals surface area contributed by atoms with Crippen molar-refractivity contribution < 1.29 is 4.79 Å². The lowest BCUT2D eigenvalue weighted by Crippen LogP contribution is -2.46. The number of hydrogen-bond acceptors (Lipinski definition) is 3. The lowest BCUT2D eigenvalue weighted by molar-refractivity contribution is -0.132. The molecule has 2 N–H and O–H groups in total. The van der Waals surface area contributed by atoms with Crippen LogP contribution in [0.3, 0.4) is 0 Å². The van der Waals surface area contributed by atoms with Gasteiger partial charge in [-0.2, -0.15) is 5.26 Å². The predicted molar refractivity (Wildman–Crippen MR) is 81.2 cm³/mol. The van der Waals surface area contributed by atoms with Crippen LogP contribution in [0.25, 0.3) is 0 Å². The molecule has 1 amide bonds. The third-order valence-electron chi connectivity index (χ3n) is 3.37. The first-order valence-corrected chi connectivity index (χ1v) is 7.40. The van der Waals surface area contributed by atoms with Gasteiger partial charge >= 0.3 is 0 Å². The largest absolute Gasteiger partial charge is 0.325 e. The second-order valence-electron chi connectivity index (χ2n) is 4.76. The van der Waals surface area contributed by atoms with Crippen molar-refractivity contribution in [2.75, 3.05) is 6.54 Å². The fourth-order valence-electron chi connectivity index (χ4n) is 2.34. The van der Waals surface area contributed by atoms with Crippen molar-refractivity contribution in [3.63, 3.8) is 0 Å². The number of halogens is 1. The van der Waals surface area contributed by atoms with E-state index in [2.05, 4.69) is 28.7 Å². The van der Waals surface area contributed by atoms with Crippen molar-refractivity contribution in [2.24, 2.45) is 5.73 Å². The Morgan fingerprint density at radius 3 is 2.84 bits per heavy atom. The number of nitriles is 1. The molecule has 0 aromatic heterocycles. The van der Waals surface area contributed by atoms with Crippen LogP contribution < -0.4 is 5.73 Å². The number of amides is 1. The van der Waals surface area contributed by atoms with Crippen LogP contribution in [0.15, 0.2) is 24.3 Å². The second-order valence-corrected chi connectivity index (χ2v) is 6.00. The van der Waals surface area contributed by atoms with E-state index in [1.807, 2.05) is 24.3 Å². The molecule has 0 unspecified atom stereocenters. The van der Waals surface area contributed by atoms with Gasteiger partial charge in [0, 0.05) is 10.1 Å². The molecule has 1 aliphatic heterocycles. The SMILES string of the molecule is N#C[C@@H]1CCCN1C(=O)[C@@H](N)Cc1ccc(I)cc1. The zero-order chi connectivity index (χ0) is 13.8. The Hall–Kier alpha value is -1.13. The molecule has 1 aromatic carbocycles. The summed E-state index contributed by atoms with van der Waals surface area (Å²) in [5.74, 6) is -0.109. The smallest absolute Gasteiger partial charge is 0.240 e. The van der Waals surface area contributed by atoms with Gasteiger partial charge in [-0.05, 0) is 59.5 Å². The van der Waals surface area contributed by atoms with Crippen molar-refractivity contribution in [3.05, 3.63) is 33.4 Å². The molecule has 4 nitrogen and oxygen atoms in total. The van der Waals surface area contributed by atoms with E-state index in [0.29, 0.717) is 13.0 Å². The Morgan fingerprint density at radius 1 is 1.53 bits per heavy atom. The van der Waals surface area contributed by atoms with Gasteiger partial charge in [0.2, 0.25) is 5.91 Å². The first kappa shape index (κ1) is 14.3. The van der Waals surface area contributed by atoms with E-state index >= 15 is 0 Å². The van der Waals surface area contributed by atoms with Gasteiger partial charge in [-0.3, -0.25) is 4.79 Å². The molecule has 1 heterocycles. The maximum absolute atomic E-state index is 12.2. The van der Waals surface area contributed by atoms with E-state index in [4.69, 9.17) is 11.0 Å². The van der Waals surface area contributed by atoms with Gasteiger partial charge < -0.3 is 10.6 Å². The van der Waals surface area contributed by atoms with Gasteiger partial charge in [-0.1, -0.05) is 12.1 Å². The summed E-state index contributed by atoms with van der Waals surface area (Å²) in [4.78, 5) is 13.9. The number of carbonyl (C=O) groups is 1. The summed E-state index contributed by atoms with van der Waals surface area (Å²) < 4.78 is 1.16. The molecule has 0 aliphatic carbocycles. The Labute approximate surface area is 126 Å². The van der Waals surface area contributed by atoms with Crippen LogP contribution in [0.2, 0.25) is 0 Å². The number of likely N-dealkylation sites (tertiary alicyclic amines) is 1. The zero-order valence-corrected chi connectivity index (χ0v) is 12.7. The molecule has 0 saturated carbocycles. The monoisotopic (exact) mass is 369 g/mol. The topological polar surface area (TPSA) is 70.1 Å². The molecule has 19 heavy (non-hydrogen) atoms. The standard InChI is InChI=1S/C14H16IN3O/c15-11-5-3-10(4-6-11)8-13(17)14(19)18-7-1-2-12(18)9-16/h3-6,12-13H,1-2,7-8,17H2/t12-,13-/m0/s1. The highest BCUT2D eigenvalue weighted by atomic mass is 127. The molecule has 2 rings (SSSR count). The highest BCUT2D eigenvalue weighted by Crippen LogP contribution is 2.18. The third kappa shape index (κ3) is 3.45. The Morgan fingerprint density at radius 2 is 2.21 bits per heavy atom. The summed E-state index contributed by atoms with van der Waals surface area (Å²) in [6.45, 7) is 0.650. The van der Waals surface area contributed by atoms with Gasteiger partial charge in [0.1, 0.15) is 6.04 Å². The van der Waals surface area contributed by atoms with Crippen LogP contribution in [0.4, 0.5) is 0 Å². The third-order valence-corrected chi connectivity index (χ3v) is 4.09. The van der Waals surface area contributed by atoms with Crippen LogP contribution >= 0.6 is 22.6 Å². The van der Waals surface area contributed by atoms with Crippen LogP contribution in [0.1, 0.15) is 18.4 Å². The second kappa shape index (κ2) is 6.35. The molecule has 2 atom stereocenters. The molecule has 5 heteroatoms. The van der Waals surface area contributed by atoms with Gasteiger partial charge in [0.15, 0.2) is 0 Å². The van der Waals surface area contributed by atoms with E-state index in [-0.39, 0.29) is 11.9 Å². The van der Waals surface area contributed by atoms with Gasteiger partial charge in [0.05, 0.1) is 12.1 Å². The number of rotatable bonds is 3. The number of hydrogen-bond donors (Lipinski definition) is 1. The summed E-state index contributed by atoms with van der Waals surface area (Å²) in [5, 5.41) is 9.00. The fraction of sp³-hybridized carbons (Fsp3) is 0.429. The van der Waals surface area contributed by atoms with Crippen LogP contribution in [0, 0.1) is 14.9 Å².